The van der Waals surface area contributed by atoms with Gasteiger partial charge in [-0.05, 0) is 75.8 Å². The molecule has 0 radical (unpaired) electrons. The minimum absolute atomic E-state index is 0.478. The summed E-state index contributed by atoms with van der Waals surface area (Å²) in [4.78, 5) is 2.38. The summed E-state index contributed by atoms with van der Waals surface area (Å²) >= 11 is 8.53. The molecule has 1 aliphatic carbocycles. The van der Waals surface area contributed by atoms with Crippen LogP contribution in [-0.2, 0) is 5.41 Å². The topological polar surface area (TPSA) is 3.24 Å². The predicted octanol–water partition coefficient (Wildman–Crippen LogP) is 12.5. The Morgan fingerprint density at radius 2 is 1.11 bits per heavy atom. The fraction of sp³-hybridized carbons (Fsp3) is 0.0233. The SMILES string of the molecule is Clc1cccc(N(c2ccc3c(c2)C(c2ccccc2)(c2ccccc2)c2ccccc2-3)c2cccc3c2sc2ccccc23)c1. The van der Waals surface area contributed by atoms with Gasteiger partial charge in [0.2, 0.25) is 0 Å². The van der Waals surface area contributed by atoms with E-state index in [1.54, 1.807) is 0 Å². The molecule has 218 valence electrons. The number of anilines is 3. The molecule has 7 aromatic carbocycles. The molecule has 0 atom stereocenters. The second-order valence-electron chi connectivity index (χ2n) is 11.8. The smallest absolute Gasteiger partial charge is 0.0714 e. The van der Waals surface area contributed by atoms with Crippen LogP contribution in [-0.4, -0.2) is 0 Å². The molecule has 0 N–H and O–H groups in total. The summed E-state index contributed by atoms with van der Waals surface area (Å²) in [6, 6.07) is 61.4. The molecule has 0 saturated carbocycles. The van der Waals surface area contributed by atoms with E-state index in [2.05, 4.69) is 163 Å². The molecule has 1 aliphatic rings. The lowest BCUT2D eigenvalue weighted by Gasteiger charge is -2.35. The molecule has 0 spiro atoms. The van der Waals surface area contributed by atoms with Crippen LogP contribution in [0.25, 0.3) is 31.3 Å². The Kier molecular flexibility index (Phi) is 6.34. The molecule has 1 nitrogen and oxygen atoms in total. The van der Waals surface area contributed by atoms with Crippen molar-refractivity contribution in [3.05, 3.63) is 197 Å². The van der Waals surface area contributed by atoms with Crippen LogP contribution >= 0.6 is 22.9 Å². The first kappa shape index (κ1) is 27.2. The third-order valence-electron chi connectivity index (χ3n) is 9.39. The third kappa shape index (κ3) is 4.01. The number of benzene rings is 7. The molecule has 8 aromatic rings. The summed E-state index contributed by atoms with van der Waals surface area (Å²) in [6.45, 7) is 0. The van der Waals surface area contributed by atoms with Gasteiger partial charge in [0.15, 0.2) is 0 Å². The van der Waals surface area contributed by atoms with E-state index >= 15 is 0 Å². The Morgan fingerprint density at radius 3 is 1.89 bits per heavy atom. The molecule has 0 fully saturated rings. The molecule has 9 rings (SSSR count). The van der Waals surface area contributed by atoms with Gasteiger partial charge in [-0.1, -0.05) is 139 Å². The summed E-state index contributed by atoms with van der Waals surface area (Å²) in [6.07, 6.45) is 0. The second kappa shape index (κ2) is 10.7. The van der Waals surface area contributed by atoms with Gasteiger partial charge in [0.05, 0.1) is 15.8 Å². The lowest BCUT2D eigenvalue weighted by molar-refractivity contribution is 0.768. The third-order valence-corrected chi connectivity index (χ3v) is 10.8. The van der Waals surface area contributed by atoms with E-state index in [4.69, 9.17) is 11.6 Å². The Bertz CT molecular complexity index is 2350. The highest BCUT2D eigenvalue weighted by Crippen LogP contribution is 2.57. The van der Waals surface area contributed by atoms with Crippen LogP contribution in [0.4, 0.5) is 17.1 Å². The van der Waals surface area contributed by atoms with Crippen molar-refractivity contribution in [3.8, 4) is 11.1 Å². The van der Waals surface area contributed by atoms with Crippen molar-refractivity contribution in [2.75, 3.05) is 4.90 Å². The second-order valence-corrected chi connectivity index (χ2v) is 13.3. The van der Waals surface area contributed by atoms with Crippen molar-refractivity contribution in [3.63, 3.8) is 0 Å². The van der Waals surface area contributed by atoms with E-state index in [1.807, 2.05) is 23.5 Å². The molecule has 46 heavy (non-hydrogen) atoms. The first-order chi connectivity index (χ1) is 22.7. The van der Waals surface area contributed by atoms with E-state index in [0.29, 0.717) is 5.02 Å². The molecule has 0 aliphatic heterocycles. The molecular formula is C43H28ClNS. The molecule has 0 amide bonds. The van der Waals surface area contributed by atoms with Gasteiger partial charge >= 0.3 is 0 Å². The van der Waals surface area contributed by atoms with Crippen molar-refractivity contribution in [2.45, 2.75) is 5.41 Å². The zero-order valence-corrected chi connectivity index (χ0v) is 26.5. The summed E-state index contributed by atoms with van der Waals surface area (Å²) in [5.41, 5.74) is 10.4. The average molecular weight is 626 g/mol. The first-order valence-electron chi connectivity index (χ1n) is 15.5. The summed E-state index contributed by atoms with van der Waals surface area (Å²) < 4.78 is 2.54. The summed E-state index contributed by atoms with van der Waals surface area (Å²) in [5, 5.41) is 3.26. The van der Waals surface area contributed by atoms with Crippen molar-refractivity contribution in [1.82, 2.24) is 0 Å². The molecular weight excluding hydrogens is 598 g/mol. The van der Waals surface area contributed by atoms with Gasteiger partial charge in [0.1, 0.15) is 0 Å². The average Bonchev–Trinajstić information content (AvgIpc) is 3.64. The van der Waals surface area contributed by atoms with Gasteiger partial charge in [-0.25, -0.2) is 0 Å². The number of hydrogen-bond donors (Lipinski definition) is 0. The van der Waals surface area contributed by atoms with Crippen LogP contribution in [0.3, 0.4) is 0 Å². The van der Waals surface area contributed by atoms with Gasteiger partial charge in [-0.2, -0.15) is 0 Å². The van der Waals surface area contributed by atoms with Gasteiger partial charge in [0.25, 0.3) is 0 Å². The van der Waals surface area contributed by atoms with Gasteiger partial charge in [-0.3, -0.25) is 0 Å². The van der Waals surface area contributed by atoms with E-state index in [1.165, 1.54) is 53.6 Å². The Labute approximate surface area is 277 Å². The van der Waals surface area contributed by atoms with E-state index in [0.717, 1.165) is 17.1 Å². The van der Waals surface area contributed by atoms with Crippen LogP contribution < -0.4 is 4.90 Å². The van der Waals surface area contributed by atoms with E-state index in [9.17, 15) is 0 Å². The van der Waals surface area contributed by atoms with Crippen LogP contribution in [0, 0.1) is 0 Å². The number of fused-ring (bicyclic) bond motifs is 6. The normalized spacial score (nSPS) is 13.1. The van der Waals surface area contributed by atoms with Crippen LogP contribution in [0.5, 0.6) is 0 Å². The lowest BCUT2D eigenvalue weighted by Crippen LogP contribution is -2.28. The molecule has 1 aromatic heterocycles. The zero-order chi connectivity index (χ0) is 30.7. The van der Waals surface area contributed by atoms with Gasteiger partial charge in [-0.15, -0.1) is 11.3 Å². The zero-order valence-electron chi connectivity index (χ0n) is 24.9. The molecule has 0 unspecified atom stereocenters. The highest BCUT2D eigenvalue weighted by molar-refractivity contribution is 7.26. The Balaban J connectivity index is 1.36. The quantitative estimate of drug-likeness (QED) is 0.184. The minimum Gasteiger partial charge on any atom is -0.309 e. The maximum atomic E-state index is 6.68. The van der Waals surface area contributed by atoms with Crippen LogP contribution in [0.1, 0.15) is 22.3 Å². The maximum Gasteiger partial charge on any atom is 0.0714 e. The largest absolute Gasteiger partial charge is 0.309 e. The minimum atomic E-state index is -0.478. The number of halogens is 1. The fourth-order valence-corrected chi connectivity index (χ4v) is 8.91. The molecule has 0 saturated heterocycles. The highest BCUT2D eigenvalue weighted by Gasteiger charge is 2.46. The monoisotopic (exact) mass is 625 g/mol. The predicted molar refractivity (Wildman–Crippen MR) is 196 cm³/mol. The summed E-state index contributed by atoms with van der Waals surface area (Å²) in [7, 11) is 0. The molecule has 3 heteroatoms. The van der Waals surface area contributed by atoms with E-state index < -0.39 is 5.41 Å². The molecule has 0 bridgehead atoms. The molecule has 1 heterocycles. The van der Waals surface area contributed by atoms with Crippen molar-refractivity contribution in [1.29, 1.82) is 0 Å². The standard InChI is InChI=1S/C43H28ClNS/c44-31-17-11-18-32(27-31)45(40-23-12-21-37-36-20-8-10-24-41(36)46-42(37)40)33-25-26-35-34-19-7-9-22-38(34)43(39(35)28-33,29-13-3-1-4-14-29)30-15-5-2-6-16-30/h1-28H. The number of thiophene rings is 1. The Hall–Kier alpha value is -5.15. The number of rotatable bonds is 5. The highest BCUT2D eigenvalue weighted by atomic mass is 35.5. The number of nitrogens with zero attached hydrogens (tertiary/aromatic N) is 1. The van der Waals surface area contributed by atoms with Crippen molar-refractivity contribution >= 4 is 60.2 Å². The first-order valence-corrected chi connectivity index (χ1v) is 16.7. The van der Waals surface area contributed by atoms with Crippen molar-refractivity contribution < 1.29 is 0 Å². The fourth-order valence-electron chi connectivity index (χ4n) is 7.52. The maximum absolute atomic E-state index is 6.68. The Morgan fingerprint density at radius 1 is 0.478 bits per heavy atom. The van der Waals surface area contributed by atoms with Crippen LogP contribution in [0.2, 0.25) is 5.02 Å². The van der Waals surface area contributed by atoms with Gasteiger partial charge < -0.3 is 4.90 Å². The van der Waals surface area contributed by atoms with Crippen LogP contribution in [0.15, 0.2) is 170 Å². The van der Waals surface area contributed by atoms with E-state index in [-0.39, 0.29) is 0 Å². The summed E-state index contributed by atoms with van der Waals surface area (Å²) in [5.74, 6) is 0. The number of hydrogen-bond acceptors (Lipinski definition) is 2. The van der Waals surface area contributed by atoms with Gasteiger partial charge in [0, 0.05) is 31.9 Å². The van der Waals surface area contributed by atoms with Crippen molar-refractivity contribution in [2.24, 2.45) is 0 Å². The lowest BCUT2D eigenvalue weighted by atomic mass is 9.67.